The fourth-order valence-electron chi connectivity index (χ4n) is 1.42. The molecule has 0 radical (unpaired) electrons. The van der Waals surface area contributed by atoms with Gasteiger partial charge in [0.2, 0.25) is 11.8 Å². The molecule has 0 atom stereocenters. The van der Waals surface area contributed by atoms with Gasteiger partial charge in [-0.3, -0.25) is 0 Å². The number of nitrogens with zero attached hydrogens (tertiary/aromatic N) is 2. The lowest BCUT2D eigenvalue weighted by Gasteiger charge is -2.13. The molecule has 0 aliphatic heterocycles. The Kier molecular flexibility index (Phi) is 3.50. The van der Waals surface area contributed by atoms with E-state index in [1.54, 1.807) is 12.3 Å². The van der Waals surface area contributed by atoms with Crippen LogP contribution in [0.4, 0.5) is 8.78 Å². The Morgan fingerprint density at radius 1 is 1.16 bits per heavy atom. The van der Waals surface area contributed by atoms with Gasteiger partial charge in [-0.05, 0) is 6.07 Å². The second kappa shape index (κ2) is 4.95. The highest BCUT2D eigenvalue weighted by Crippen LogP contribution is 2.27. The van der Waals surface area contributed by atoms with Gasteiger partial charge in [0, 0.05) is 17.7 Å². The lowest BCUT2D eigenvalue weighted by Crippen LogP contribution is -2.09. The molecular formula is C13H14F2N2O2. The van der Waals surface area contributed by atoms with E-state index >= 15 is 0 Å². The molecule has 0 bridgehead atoms. The fourth-order valence-corrected chi connectivity index (χ4v) is 1.42. The second-order valence-corrected chi connectivity index (χ2v) is 5.04. The number of hydrogen-bond donors (Lipinski definition) is 0. The van der Waals surface area contributed by atoms with Crippen molar-refractivity contribution in [3.05, 3.63) is 30.3 Å². The number of halogens is 2. The van der Waals surface area contributed by atoms with Crippen LogP contribution < -0.4 is 4.74 Å². The Morgan fingerprint density at radius 2 is 1.89 bits per heavy atom. The molecule has 0 N–H and O–H groups in total. The predicted octanol–water partition coefficient (Wildman–Crippen LogP) is 3.64. The summed E-state index contributed by atoms with van der Waals surface area (Å²) in [5.74, 6) is 1.01. The van der Waals surface area contributed by atoms with Gasteiger partial charge in [-0.15, -0.1) is 0 Å². The highest BCUT2D eigenvalue weighted by molar-refractivity contribution is 5.52. The van der Waals surface area contributed by atoms with Crippen molar-refractivity contribution in [2.45, 2.75) is 32.8 Å². The average molecular weight is 268 g/mol. The number of alkyl halides is 2. The van der Waals surface area contributed by atoms with Gasteiger partial charge in [0.15, 0.2) is 0 Å². The molecule has 0 fully saturated rings. The number of rotatable bonds is 3. The van der Waals surface area contributed by atoms with Crippen molar-refractivity contribution in [3.8, 4) is 17.3 Å². The van der Waals surface area contributed by atoms with Crippen molar-refractivity contribution < 1.29 is 17.9 Å². The first-order valence-corrected chi connectivity index (χ1v) is 5.74. The minimum absolute atomic E-state index is 0.138. The number of ether oxygens (including phenoxy) is 1. The quantitative estimate of drug-likeness (QED) is 0.852. The van der Waals surface area contributed by atoms with E-state index in [-0.39, 0.29) is 11.3 Å². The monoisotopic (exact) mass is 268 g/mol. The van der Waals surface area contributed by atoms with Crippen LogP contribution in [-0.2, 0) is 5.41 Å². The van der Waals surface area contributed by atoms with Gasteiger partial charge in [-0.1, -0.05) is 20.8 Å². The summed E-state index contributed by atoms with van der Waals surface area (Å²) in [6.45, 7) is 3.15. The zero-order valence-electron chi connectivity index (χ0n) is 10.9. The molecule has 19 heavy (non-hydrogen) atoms. The van der Waals surface area contributed by atoms with E-state index in [1.807, 2.05) is 20.8 Å². The number of pyridine rings is 1. The summed E-state index contributed by atoms with van der Waals surface area (Å²) >= 11 is 0. The molecule has 0 amide bonds. The van der Waals surface area contributed by atoms with Crippen molar-refractivity contribution in [3.63, 3.8) is 0 Å². The minimum atomic E-state index is -2.88. The van der Waals surface area contributed by atoms with Crippen LogP contribution in [0.1, 0.15) is 26.5 Å². The molecule has 0 unspecified atom stereocenters. The molecule has 2 heterocycles. The maximum atomic E-state index is 12.0. The lowest BCUT2D eigenvalue weighted by molar-refractivity contribution is -0.0528. The molecule has 0 saturated heterocycles. The molecule has 2 rings (SSSR count). The van der Waals surface area contributed by atoms with Crippen molar-refractivity contribution >= 4 is 0 Å². The van der Waals surface area contributed by atoms with Crippen LogP contribution in [0.15, 0.2) is 28.9 Å². The third-order valence-electron chi connectivity index (χ3n) is 2.44. The summed E-state index contributed by atoms with van der Waals surface area (Å²) in [7, 11) is 0. The first-order valence-electron chi connectivity index (χ1n) is 5.74. The van der Waals surface area contributed by atoms with Gasteiger partial charge in [0.25, 0.3) is 0 Å². The Morgan fingerprint density at radius 3 is 2.37 bits per heavy atom. The van der Waals surface area contributed by atoms with Crippen LogP contribution >= 0.6 is 0 Å². The van der Waals surface area contributed by atoms with Gasteiger partial charge < -0.3 is 9.15 Å². The average Bonchev–Trinajstić information content (AvgIpc) is 2.78. The number of oxazole rings is 1. The third-order valence-corrected chi connectivity index (χ3v) is 2.44. The van der Waals surface area contributed by atoms with Gasteiger partial charge in [0.1, 0.15) is 5.76 Å². The first kappa shape index (κ1) is 13.5. The van der Waals surface area contributed by atoms with Crippen molar-refractivity contribution in [2.24, 2.45) is 0 Å². The molecular weight excluding hydrogens is 254 g/mol. The SMILES string of the molecule is CC(C)(C)c1cnc(-c2ccc(OC(F)F)nc2)o1. The smallest absolute Gasteiger partial charge is 0.388 e. The highest BCUT2D eigenvalue weighted by Gasteiger charge is 2.19. The third kappa shape index (κ3) is 3.27. The zero-order valence-corrected chi connectivity index (χ0v) is 10.9. The van der Waals surface area contributed by atoms with Gasteiger partial charge in [-0.2, -0.15) is 8.78 Å². The van der Waals surface area contributed by atoms with Crippen LogP contribution in [0.3, 0.4) is 0 Å². The summed E-state index contributed by atoms with van der Waals surface area (Å²) in [5, 5.41) is 0. The van der Waals surface area contributed by atoms with E-state index in [1.165, 1.54) is 12.3 Å². The van der Waals surface area contributed by atoms with Crippen LogP contribution in [0.5, 0.6) is 5.88 Å². The summed E-state index contributed by atoms with van der Waals surface area (Å²) in [6.07, 6.45) is 3.04. The lowest BCUT2D eigenvalue weighted by atomic mass is 9.94. The van der Waals surface area contributed by atoms with Gasteiger partial charge in [0.05, 0.1) is 11.8 Å². The zero-order chi connectivity index (χ0) is 14.0. The molecule has 6 heteroatoms. The fraction of sp³-hybridized carbons (Fsp3) is 0.385. The minimum Gasteiger partial charge on any atom is -0.441 e. The normalized spacial score (nSPS) is 11.9. The van der Waals surface area contributed by atoms with Crippen LogP contribution in [0.2, 0.25) is 0 Å². The summed E-state index contributed by atoms with van der Waals surface area (Å²) < 4.78 is 33.8. The summed E-state index contributed by atoms with van der Waals surface area (Å²) in [5.41, 5.74) is 0.467. The first-order chi connectivity index (χ1) is 8.86. The summed E-state index contributed by atoms with van der Waals surface area (Å²) in [6, 6.07) is 2.92. The Bertz CT molecular complexity index is 545. The predicted molar refractivity (Wildman–Crippen MR) is 65.1 cm³/mol. The molecule has 0 saturated carbocycles. The molecule has 2 aromatic rings. The van der Waals surface area contributed by atoms with Crippen LogP contribution in [0.25, 0.3) is 11.5 Å². The van der Waals surface area contributed by atoms with Crippen molar-refractivity contribution in [1.82, 2.24) is 9.97 Å². The largest absolute Gasteiger partial charge is 0.441 e. The van der Waals surface area contributed by atoms with E-state index < -0.39 is 6.61 Å². The van der Waals surface area contributed by atoms with E-state index in [4.69, 9.17) is 4.42 Å². The molecule has 0 aliphatic carbocycles. The maximum Gasteiger partial charge on any atom is 0.388 e. The van der Waals surface area contributed by atoms with E-state index in [0.717, 1.165) is 5.76 Å². The Hall–Kier alpha value is -1.98. The van der Waals surface area contributed by atoms with E-state index in [2.05, 4.69) is 14.7 Å². The molecule has 0 aliphatic rings. The van der Waals surface area contributed by atoms with Gasteiger partial charge in [-0.25, -0.2) is 9.97 Å². The van der Waals surface area contributed by atoms with Crippen molar-refractivity contribution in [2.75, 3.05) is 0 Å². The summed E-state index contributed by atoms with van der Waals surface area (Å²) in [4.78, 5) is 7.91. The highest BCUT2D eigenvalue weighted by atomic mass is 19.3. The van der Waals surface area contributed by atoms with Gasteiger partial charge >= 0.3 is 6.61 Å². The van der Waals surface area contributed by atoms with Crippen LogP contribution in [0, 0.1) is 0 Å². The second-order valence-electron chi connectivity index (χ2n) is 5.04. The van der Waals surface area contributed by atoms with Crippen molar-refractivity contribution in [1.29, 1.82) is 0 Å². The standard InChI is InChI=1S/C13H14F2N2O2/c1-13(2,3)9-7-17-11(18-9)8-4-5-10(16-6-8)19-12(14)15/h4-7,12H,1-3H3. The number of aromatic nitrogens is 2. The molecule has 0 spiro atoms. The van der Waals surface area contributed by atoms with E-state index in [0.29, 0.717) is 11.5 Å². The molecule has 0 aromatic carbocycles. The number of hydrogen-bond acceptors (Lipinski definition) is 4. The Labute approximate surface area is 109 Å². The van der Waals surface area contributed by atoms with E-state index in [9.17, 15) is 8.78 Å². The molecule has 2 aromatic heterocycles. The molecule has 102 valence electrons. The Balaban J connectivity index is 2.20. The topological polar surface area (TPSA) is 48.2 Å². The molecule has 4 nitrogen and oxygen atoms in total. The maximum absolute atomic E-state index is 12.0. The van der Waals surface area contributed by atoms with Crippen LogP contribution in [-0.4, -0.2) is 16.6 Å².